The number of hydrogen-bond acceptors (Lipinski definition) is 2. The van der Waals surface area contributed by atoms with E-state index in [-0.39, 0.29) is 0 Å². The standard InChI is InChI=1S/C15H26N2/c1-3-10-16-11-7-12-17-13-15-9-6-5-8-14(15)4-2/h5-6,8-9,16-17H,3-4,7,10-13H2,1-2H3. The average Bonchev–Trinajstić information content (AvgIpc) is 2.38. The first kappa shape index (κ1) is 14.2. The Morgan fingerprint density at radius 3 is 2.29 bits per heavy atom. The first-order valence-electron chi connectivity index (χ1n) is 6.86. The Balaban J connectivity index is 2.13. The maximum Gasteiger partial charge on any atom is 0.0208 e. The van der Waals surface area contributed by atoms with E-state index in [0.717, 1.165) is 32.6 Å². The summed E-state index contributed by atoms with van der Waals surface area (Å²) in [5, 5.41) is 6.93. The van der Waals surface area contributed by atoms with E-state index >= 15 is 0 Å². The summed E-state index contributed by atoms with van der Waals surface area (Å²) in [6.07, 6.45) is 3.54. The van der Waals surface area contributed by atoms with Gasteiger partial charge in [-0.05, 0) is 50.0 Å². The molecular weight excluding hydrogens is 208 g/mol. The van der Waals surface area contributed by atoms with Crippen molar-refractivity contribution >= 4 is 0 Å². The second kappa shape index (κ2) is 9.20. The van der Waals surface area contributed by atoms with Crippen LogP contribution in [0.1, 0.15) is 37.8 Å². The van der Waals surface area contributed by atoms with Crippen molar-refractivity contribution in [2.24, 2.45) is 0 Å². The van der Waals surface area contributed by atoms with Crippen LogP contribution in [0.15, 0.2) is 24.3 Å². The summed E-state index contributed by atoms with van der Waals surface area (Å²) >= 11 is 0. The van der Waals surface area contributed by atoms with Gasteiger partial charge in [0.15, 0.2) is 0 Å². The van der Waals surface area contributed by atoms with Gasteiger partial charge in [-0.25, -0.2) is 0 Å². The zero-order valence-corrected chi connectivity index (χ0v) is 11.3. The van der Waals surface area contributed by atoms with Crippen molar-refractivity contribution in [2.45, 2.75) is 39.7 Å². The van der Waals surface area contributed by atoms with E-state index in [4.69, 9.17) is 0 Å². The highest BCUT2D eigenvalue weighted by Gasteiger charge is 1.98. The summed E-state index contributed by atoms with van der Waals surface area (Å²) in [6.45, 7) is 8.77. The molecule has 0 aliphatic carbocycles. The number of hydrogen-bond donors (Lipinski definition) is 2. The summed E-state index contributed by atoms with van der Waals surface area (Å²) in [5.41, 5.74) is 2.90. The van der Waals surface area contributed by atoms with Crippen LogP contribution in [-0.4, -0.2) is 19.6 Å². The van der Waals surface area contributed by atoms with E-state index in [2.05, 4.69) is 48.7 Å². The van der Waals surface area contributed by atoms with Crippen molar-refractivity contribution in [1.29, 1.82) is 0 Å². The molecule has 0 heterocycles. The van der Waals surface area contributed by atoms with Crippen LogP contribution in [0, 0.1) is 0 Å². The molecule has 0 saturated carbocycles. The molecule has 1 aromatic rings. The quantitative estimate of drug-likeness (QED) is 0.642. The van der Waals surface area contributed by atoms with E-state index in [1.165, 1.54) is 24.0 Å². The topological polar surface area (TPSA) is 24.1 Å². The first-order valence-corrected chi connectivity index (χ1v) is 6.86. The molecule has 1 aromatic carbocycles. The highest BCUT2D eigenvalue weighted by atomic mass is 14.9. The third-order valence-electron chi connectivity index (χ3n) is 2.95. The maximum absolute atomic E-state index is 3.51. The van der Waals surface area contributed by atoms with Crippen molar-refractivity contribution < 1.29 is 0 Å². The van der Waals surface area contributed by atoms with Crippen molar-refractivity contribution in [2.75, 3.05) is 19.6 Å². The van der Waals surface area contributed by atoms with Gasteiger partial charge in [0, 0.05) is 6.54 Å². The van der Waals surface area contributed by atoms with E-state index < -0.39 is 0 Å². The Morgan fingerprint density at radius 1 is 0.882 bits per heavy atom. The second-order valence-corrected chi connectivity index (χ2v) is 4.40. The Hall–Kier alpha value is -0.860. The number of nitrogens with one attached hydrogen (secondary N) is 2. The van der Waals surface area contributed by atoms with E-state index in [1.54, 1.807) is 0 Å². The van der Waals surface area contributed by atoms with Crippen LogP contribution >= 0.6 is 0 Å². The molecule has 2 nitrogen and oxygen atoms in total. The van der Waals surface area contributed by atoms with Gasteiger partial charge >= 0.3 is 0 Å². The van der Waals surface area contributed by atoms with E-state index in [9.17, 15) is 0 Å². The molecule has 0 unspecified atom stereocenters. The summed E-state index contributed by atoms with van der Waals surface area (Å²) in [6, 6.07) is 8.69. The number of rotatable bonds is 9. The number of benzene rings is 1. The lowest BCUT2D eigenvalue weighted by Gasteiger charge is -2.09. The van der Waals surface area contributed by atoms with Crippen LogP contribution in [0.5, 0.6) is 0 Å². The SMILES string of the molecule is CCCNCCCNCc1ccccc1CC. The van der Waals surface area contributed by atoms with Crippen LogP contribution in [0.2, 0.25) is 0 Å². The molecule has 0 aliphatic heterocycles. The molecule has 0 aliphatic rings. The fourth-order valence-corrected chi connectivity index (χ4v) is 1.94. The van der Waals surface area contributed by atoms with Gasteiger partial charge in [-0.15, -0.1) is 0 Å². The lowest BCUT2D eigenvalue weighted by atomic mass is 10.1. The molecule has 0 saturated heterocycles. The minimum Gasteiger partial charge on any atom is -0.317 e. The Labute approximate surface area is 106 Å². The molecule has 2 heteroatoms. The van der Waals surface area contributed by atoms with Gasteiger partial charge in [0.25, 0.3) is 0 Å². The third kappa shape index (κ3) is 5.85. The van der Waals surface area contributed by atoms with Gasteiger partial charge in [-0.1, -0.05) is 38.1 Å². The van der Waals surface area contributed by atoms with Gasteiger partial charge < -0.3 is 10.6 Å². The fourth-order valence-electron chi connectivity index (χ4n) is 1.94. The van der Waals surface area contributed by atoms with Crippen LogP contribution in [0.3, 0.4) is 0 Å². The average molecular weight is 234 g/mol. The van der Waals surface area contributed by atoms with Crippen molar-refractivity contribution in [3.63, 3.8) is 0 Å². The predicted octanol–water partition coefficient (Wildman–Crippen LogP) is 2.73. The summed E-state index contributed by atoms with van der Waals surface area (Å²) < 4.78 is 0. The number of aryl methyl sites for hydroxylation is 1. The highest BCUT2D eigenvalue weighted by Crippen LogP contribution is 2.08. The normalized spacial score (nSPS) is 10.7. The Morgan fingerprint density at radius 2 is 1.59 bits per heavy atom. The van der Waals surface area contributed by atoms with Crippen LogP contribution < -0.4 is 10.6 Å². The maximum atomic E-state index is 3.51. The highest BCUT2D eigenvalue weighted by molar-refractivity contribution is 5.26. The first-order chi connectivity index (χ1) is 8.38. The zero-order chi connectivity index (χ0) is 12.3. The fraction of sp³-hybridized carbons (Fsp3) is 0.600. The van der Waals surface area contributed by atoms with Crippen molar-refractivity contribution in [3.8, 4) is 0 Å². The van der Waals surface area contributed by atoms with Gasteiger partial charge in [0.2, 0.25) is 0 Å². The van der Waals surface area contributed by atoms with E-state index in [1.807, 2.05) is 0 Å². The second-order valence-electron chi connectivity index (χ2n) is 4.40. The van der Waals surface area contributed by atoms with Gasteiger partial charge in [0.05, 0.1) is 0 Å². The molecule has 0 fully saturated rings. The van der Waals surface area contributed by atoms with Gasteiger partial charge in [-0.3, -0.25) is 0 Å². The molecular formula is C15H26N2. The van der Waals surface area contributed by atoms with E-state index in [0.29, 0.717) is 0 Å². The molecule has 0 bridgehead atoms. The minimum absolute atomic E-state index is 0.998. The Bertz CT molecular complexity index is 297. The summed E-state index contributed by atoms with van der Waals surface area (Å²) in [7, 11) is 0. The summed E-state index contributed by atoms with van der Waals surface area (Å²) in [4.78, 5) is 0. The molecule has 0 spiro atoms. The monoisotopic (exact) mass is 234 g/mol. The van der Waals surface area contributed by atoms with Crippen molar-refractivity contribution in [1.82, 2.24) is 10.6 Å². The Kier molecular flexibility index (Phi) is 7.69. The predicted molar refractivity (Wildman–Crippen MR) is 75.3 cm³/mol. The third-order valence-corrected chi connectivity index (χ3v) is 2.95. The van der Waals surface area contributed by atoms with Gasteiger partial charge in [-0.2, -0.15) is 0 Å². The lowest BCUT2D eigenvalue weighted by Crippen LogP contribution is -2.22. The molecule has 2 N–H and O–H groups in total. The lowest BCUT2D eigenvalue weighted by molar-refractivity contribution is 0.591. The smallest absolute Gasteiger partial charge is 0.0208 e. The molecule has 0 atom stereocenters. The summed E-state index contributed by atoms with van der Waals surface area (Å²) in [5.74, 6) is 0. The molecule has 1 rings (SSSR count). The molecule has 17 heavy (non-hydrogen) atoms. The molecule has 0 aromatic heterocycles. The minimum atomic E-state index is 0.998. The molecule has 0 amide bonds. The largest absolute Gasteiger partial charge is 0.317 e. The molecule has 0 radical (unpaired) electrons. The van der Waals surface area contributed by atoms with Crippen molar-refractivity contribution in [3.05, 3.63) is 35.4 Å². The van der Waals surface area contributed by atoms with Crippen LogP contribution in [-0.2, 0) is 13.0 Å². The van der Waals surface area contributed by atoms with Crippen LogP contribution in [0.25, 0.3) is 0 Å². The molecule has 96 valence electrons. The van der Waals surface area contributed by atoms with Gasteiger partial charge in [0.1, 0.15) is 0 Å². The van der Waals surface area contributed by atoms with Crippen LogP contribution in [0.4, 0.5) is 0 Å². The zero-order valence-electron chi connectivity index (χ0n) is 11.3.